The van der Waals surface area contributed by atoms with Crippen LogP contribution in [0.3, 0.4) is 0 Å². The van der Waals surface area contributed by atoms with E-state index in [2.05, 4.69) is 6.07 Å². The van der Waals surface area contributed by atoms with Crippen molar-refractivity contribution >= 4 is 27.4 Å². The van der Waals surface area contributed by atoms with Gasteiger partial charge < -0.3 is 25.2 Å². The number of aliphatic carboxylic acids is 1. The molecule has 0 spiro atoms. The van der Waals surface area contributed by atoms with Crippen molar-refractivity contribution < 1.29 is 25.2 Å². The van der Waals surface area contributed by atoms with E-state index in [4.69, 9.17) is 0 Å². The lowest BCUT2D eigenvalue weighted by Gasteiger charge is -2.24. The highest BCUT2D eigenvalue weighted by atomic mass is 32.1. The van der Waals surface area contributed by atoms with Crippen LogP contribution >= 0.6 is 11.3 Å². The first-order valence-corrected chi connectivity index (χ1v) is 11.5. The number of aliphatic hydroxyl groups is 3. The van der Waals surface area contributed by atoms with E-state index < -0.39 is 24.3 Å². The molecule has 5 nitrogen and oxygen atoms in total. The molecule has 1 aliphatic carbocycles. The Kier molecular flexibility index (Phi) is 8.07. The summed E-state index contributed by atoms with van der Waals surface area (Å²) in [4.78, 5) is 11.4. The maximum absolute atomic E-state index is 10.7. The molecule has 1 saturated carbocycles. The normalized spacial score (nSPS) is 25.5. The first kappa shape index (κ1) is 22.2. The minimum atomic E-state index is -1.00. The molecule has 3 N–H and O–H groups in total. The third kappa shape index (κ3) is 6.01. The lowest BCUT2D eigenvalue weighted by atomic mass is 9.84. The third-order valence-corrected chi connectivity index (χ3v) is 7.45. The van der Waals surface area contributed by atoms with Crippen LogP contribution in [0.5, 0.6) is 0 Å². The van der Waals surface area contributed by atoms with Crippen molar-refractivity contribution in [3.63, 3.8) is 0 Å². The molecular weight excluding hydrogens is 388 g/mol. The molecule has 0 radical (unpaired) electrons. The number of fused-ring (bicyclic) bond motifs is 1. The number of benzene rings is 1. The van der Waals surface area contributed by atoms with Gasteiger partial charge in [0.25, 0.3) is 0 Å². The van der Waals surface area contributed by atoms with Crippen molar-refractivity contribution in [3.05, 3.63) is 35.2 Å². The summed E-state index contributed by atoms with van der Waals surface area (Å²) in [6.07, 6.45) is 4.31. The second kappa shape index (κ2) is 10.5. The van der Waals surface area contributed by atoms with Crippen molar-refractivity contribution in [1.82, 2.24) is 0 Å². The first-order valence-electron chi connectivity index (χ1n) is 10.7. The van der Waals surface area contributed by atoms with E-state index in [1.54, 1.807) is 11.3 Å². The van der Waals surface area contributed by atoms with Gasteiger partial charge in [-0.1, -0.05) is 37.5 Å². The molecule has 1 aromatic carbocycles. The van der Waals surface area contributed by atoms with Gasteiger partial charge in [0.2, 0.25) is 0 Å². The van der Waals surface area contributed by atoms with E-state index in [-0.39, 0.29) is 18.3 Å². The highest BCUT2D eigenvalue weighted by Crippen LogP contribution is 2.41. The predicted octanol–water partition coefficient (Wildman–Crippen LogP) is 3.16. The summed E-state index contributed by atoms with van der Waals surface area (Å²) in [6, 6.07) is 10.1. The summed E-state index contributed by atoms with van der Waals surface area (Å²) in [5.41, 5.74) is 0. The zero-order valence-corrected chi connectivity index (χ0v) is 17.5. The monoisotopic (exact) mass is 419 g/mol. The van der Waals surface area contributed by atoms with Gasteiger partial charge in [-0.25, -0.2) is 0 Å². The largest absolute Gasteiger partial charge is 0.550 e. The van der Waals surface area contributed by atoms with Crippen LogP contribution in [0, 0.1) is 11.8 Å². The summed E-state index contributed by atoms with van der Waals surface area (Å²) in [5, 5.41) is 43.0. The molecule has 3 rings (SSSR count). The van der Waals surface area contributed by atoms with E-state index in [1.165, 1.54) is 0 Å². The average molecular weight is 420 g/mol. The Bertz CT molecular complexity index is 755. The highest BCUT2D eigenvalue weighted by Gasteiger charge is 2.40. The maximum atomic E-state index is 10.7. The molecule has 0 saturated heterocycles. The Morgan fingerprint density at radius 1 is 1.07 bits per heavy atom. The Labute approximate surface area is 176 Å². The SMILES string of the molecule is O=C([O-])CCCCCC[C@@H]1[C@@H](CCC(O)c2cc3ccccc3s2)[C@H](O)C[C@@H]1O. The summed E-state index contributed by atoms with van der Waals surface area (Å²) >= 11 is 1.61. The van der Waals surface area contributed by atoms with Gasteiger partial charge in [0.05, 0.1) is 18.3 Å². The number of thiophene rings is 1. The predicted molar refractivity (Wildman–Crippen MR) is 112 cm³/mol. The number of carboxylic acid groups (broad SMARTS) is 1. The van der Waals surface area contributed by atoms with E-state index in [0.29, 0.717) is 25.7 Å². The summed E-state index contributed by atoms with van der Waals surface area (Å²) in [5.74, 6) is -0.963. The standard InChI is InChI=1S/C23H32O5S/c24-18(22-13-15-7-5-6-9-21(15)29-22)12-11-17-16(19(25)14-20(17)26)8-3-1-2-4-10-23(27)28/h5-7,9,13,16-20,24-26H,1-4,8,10-12,14H2,(H,27,28)/p-1/t16-,17-,18?,19+,20-/m1/s1. The van der Waals surface area contributed by atoms with Crippen LogP contribution in [0.4, 0.5) is 0 Å². The second-order valence-corrected chi connectivity index (χ2v) is 9.42. The van der Waals surface area contributed by atoms with Crippen LogP contribution < -0.4 is 5.11 Å². The number of unbranched alkanes of at least 4 members (excludes halogenated alkanes) is 3. The molecular formula is C23H31O5S-. The number of hydrogen-bond donors (Lipinski definition) is 3. The summed E-state index contributed by atoms with van der Waals surface area (Å²) in [6.45, 7) is 0. The quantitative estimate of drug-likeness (QED) is 0.486. The molecule has 0 amide bonds. The Morgan fingerprint density at radius 3 is 2.48 bits per heavy atom. The molecule has 1 unspecified atom stereocenters. The lowest BCUT2D eigenvalue weighted by Crippen LogP contribution is -2.23. The van der Waals surface area contributed by atoms with Crippen molar-refractivity contribution in [1.29, 1.82) is 0 Å². The minimum absolute atomic E-state index is 0.00255. The molecule has 1 aliphatic rings. The van der Waals surface area contributed by atoms with Crippen LogP contribution in [0.25, 0.3) is 10.1 Å². The van der Waals surface area contributed by atoms with E-state index >= 15 is 0 Å². The van der Waals surface area contributed by atoms with Gasteiger partial charge in [-0.05, 0) is 67.9 Å². The molecule has 1 aromatic heterocycles. The van der Waals surface area contributed by atoms with Crippen LogP contribution in [0.15, 0.2) is 30.3 Å². The van der Waals surface area contributed by atoms with Gasteiger partial charge in [-0.2, -0.15) is 0 Å². The van der Waals surface area contributed by atoms with Crippen LogP contribution in [-0.4, -0.2) is 33.5 Å². The minimum Gasteiger partial charge on any atom is -0.550 e. The van der Waals surface area contributed by atoms with Gasteiger partial charge in [-0.3, -0.25) is 0 Å². The zero-order chi connectivity index (χ0) is 20.8. The molecule has 160 valence electrons. The molecule has 0 bridgehead atoms. The maximum Gasteiger partial charge on any atom is 0.0882 e. The van der Waals surface area contributed by atoms with Crippen molar-refractivity contribution in [2.24, 2.45) is 11.8 Å². The first-order chi connectivity index (χ1) is 14.0. The Hall–Kier alpha value is -1.47. The summed E-state index contributed by atoms with van der Waals surface area (Å²) in [7, 11) is 0. The number of carboxylic acids is 1. The van der Waals surface area contributed by atoms with Crippen LogP contribution in [-0.2, 0) is 4.79 Å². The van der Waals surface area contributed by atoms with Gasteiger partial charge >= 0.3 is 0 Å². The lowest BCUT2D eigenvalue weighted by molar-refractivity contribution is -0.305. The number of carbonyl (C=O) groups excluding carboxylic acids is 1. The number of carbonyl (C=O) groups is 1. The number of aliphatic hydroxyl groups excluding tert-OH is 3. The zero-order valence-electron chi connectivity index (χ0n) is 16.7. The highest BCUT2D eigenvalue weighted by molar-refractivity contribution is 7.19. The smallest absolute Gasteiger partial charge is 0.0882 e. The van der Waals surface area contributed by atoms with E-state index in [9.17, 15) is 25.2 Å². The van der Waals surface area contributed by atoms with E-state index in [0.717, 1.165) is 40.6 Å². The molecule has 5 atom stereocenters. The van der Waals surface area contributed by atoms with Gasteiger partial charge in [0.15, 0.2) is 0 Å². The molecule has 0 aliphatic heterocycles. The fourth-order valence-electron chi connectivity index (χ4n) is 4.64. The number of hydrogen-bond acceptors (Lipinski definition) is 6. The Balaban J connectivity index is 1.48. The van der Waals surface area contributed by atoms with E-state index in [1.807, 2.05) is 24.3 Å². The fraction of sp³-hybridized carbons (Fsp3) is 0.609. The molecule has 1 fully saturated rings. The third-order valence-electron chi connectivity index (χ3n) is 6.24. The Morgan fingerprint density at radius 2 is 1.76 bits per heavy atom. The molecule has 29 heavy (non-hydrogen) atoms. The van der Waals surface area contributed by atoms with Gasteiger partial charge in [-0.15, -0.1) is 11.3 Å². The summed E-state index contributed by atoms with van der Waals surface area (Å²) < 4.78 is 1.16. The van der Waals surface area contributed by atoms with Crippen molar-refractivity contribution in [2.45, 2.75) is 76.1 Å². The average Bonchev–Trinajstić information content (AvgIpc) is 3.23. The number of rotatable bonds is 11. The van der Waals surface area contributed by atoms with Crippen LogP contribution in [0.1, 0.15) is 68.8 Å². The topological polar surface area (TPSA) is 101 Å². The fourth-order valence-corrected chi connectivity index (χ4v) is 5.73. The van der Waals surface area contributed by atoms with Crippen molar-refractivity contribution in [2.75, 3.05) is 0 Å². The van der Waals surface area contributed by atoms with Crippen molar-refractivity contribution in [3.8, 4) is 0 Å². The molecule has 1 heterocycles. The van der Waals surface area contributed by atoms with Crippen LogP contribution in [0.2, 0.25) is 0 Å². The van der Waals surface area contributed by atoms with Gasteiger partial charge in [0.1, 0.15) is 0 Å². The molecule has 2 aromatic rings. The van der Waals surface area contributed by atoms with Gasteiger partial charge in [0, 0.05) is 15.5 Å². The molecule has 6 heteroatoms. The second-order valence-electron chi connectivity index (χ2n) is 8.30.